The number of halogens is 1. The van der Waals surface area contributed by atoms with E-state index in [9.17, 15) is 28.4 Å². The van der Waals surface area contributed by atoms with Gasteiger partial charge in [-0.05, 0) is 44.4 Å². The smallest absolute Gasteiger partial charge is 0.315 e. The van der Waals surface area contributed by atoms with Crippen molar-refractivity contribution in [1.82, 2.24) is 20.9 Å². The van der Waals surface area contributed by atoms with E-state index >= 15 is 0 Å². The molecule has 35 heavy (non-hydrogen) atoms. The number of ketones is 1. The summed E-state index contributed by atoms with van der Waals surface area (Å²) in [6, 6.07) is -3.53. The molecule has 5 amide bonds. The molecular formula is C24H40FN5O5. The highest BCUT2D eigenvalue weighted by Crippen LogP contribution is 2.31. The van der Waals surface area contributed by atoms with Crippen LogP contribution in [0.15, 0.2) is 0 Å². The number of amides is 5. The zero-order valence-corrected chi connectivity index (χ0v) is 21.4. The number of nitrogens with two attached hydrogens (primary N) is 1. The number of nitrogens with zero attached hydrogens (tertiary/aromatic N) is 1. The summed E-state index contributed by atoms with van der Waals surface area (Å²) in [5, 5.41) is 7.81. The number of carbonyl (C=O) groups is 5. The van der Waals surface area contributed by atoms with Crippen molar-refractivity contribution in [3.05, 3.63) is 0 Å². The number of carbonyl (C=O) groups excluding carboxylic acids is 5. The summed E-state index contributed by atoms with van der Waals surface area (Å²) < 4.78 is 13.1. The molecule has 0 radical (unpaired) electrons. The summed E-state index contributed by atoms with van der Waals surface area (Å²) in [6.45, 7) is 7.91. The molecule has 0 spiro atoms. The number of primary amides is 1. The summed E-state index contributed by atoms with van der Waals surface area (Å²) in [6.07, 6.45) is 4.18. The molecule has 3 unspecified atom stereocenters. The fourth-order valence-electron chi connectivity index (χ4n) is 4.36. The number of hydrogen-bond donors (Lipinski definition) is 4. The molecule has 0 aromatic carbocycles. The highest BCUT2D eigenvalue weighted by Gasteiger charge is 2.43. The third kappa shape index (κ3) is 7.63. The molecule has 0 aromatic rings. The lowest BCUT2D eigenvalue weighted by molar-refractivity contribution is -0.143. The van der Waals surface area contributed by atoms with Gasteiger partial charge in [-0.15, -0.1) is 0 Å². The Bertz CT molecular complexity index is 837. The van der Waals surface area contributed by atoms with Crippen LogP contribution in [0.1, 0.15) is 73.1 Å². The van der Waals surface area contributed by atoms with Crippen LogP contribution in [-0.2, 0) is 19.2 Å². The van der Waals surface area contributed by atoms with E-state index in [4.69, 9.17) is 5.73 Å². The first-order valence-electron chi connectivity index (χ1n) is 12.3. The normalized spacial score (nSPS) is 20.4. The predicted octanol–water partition coefficient (Wildman–Crippen LogP) is 1.17. The Hall–Kier alpha value is -2.72. The van der Waals surface area contributed by atoms with Crippen LogP contribution >= 0.6 is 0 Å². The van der Waals surface area contributed by atoms with Crippen LogP contribution < -0.4 is 21.7 Å². The number of likely N-dealkylation sites (tertiary alicyclic amines) is 1. The van der Waals surface area contributed by atoms with E-state index in [1.54, 1.807) is 20.8 Å². The highest BCUT2D eigenvalue weighted by atomic mass is 19.1. The van der Waals surface area contributed by atoms with Gasteiger partial charge in [0.2, 0.25) is 17.6 Å². The number of alkyl halides is 1. The molecule has 1 aliphatic heterocycles. The lowest BCUT2D eigenvalue weighted by atomic mass is 9.80. The molecular weight excluding hydrogens is 457 g/mol. The van der Waals surface area contributed by atoms with E-state index in [0.29, 0.717) is 25.8 Å². The van der Waals surface area contributed by atoms with Gasteiger partial charge in [0.1, 0.15) is 18.8 Å². The van der Waals surface area contributed by atoms with E-state index < -0.39 is 65.3 Å². The molecule has 198 valence electrons. The third-order valence-corrected chi connectivity index (χ3v) is 6.68. The first kappa shape index (κ1) is 28.5. The average Bonchev–Trinajstić information content (AvgIpc) is 3.21. The molecule has 0 bridgehead atoms. The molecule has 1 aliphatic carbocycles. The summed E-state index contributed by atoms with van der Waals surface area (Å²) in [7, 11) is 0. The average molecular weight is 498 g/mol. The number of rotatable bonds is 10. The zero-order valence-electron chi connectivity index (χ0n) is 21.4. The van der Waals surface area contributed by atoms with Crippen LogP contribution in [0, 0.1) is 11.3 Å². The second-order valence-corrected chi connectivity index (χ2v) is 11.4. The Kier molecular flexibility index (Phi) is 9.24. The molecule has 2 rings (SSSR count). The van der Waals surface area contributed by atoms with E-state index in [1.807, 2.05) is 0 Å². The van der Waals surface area contributed by atoms with Crippen LogP contribution in [0.4, 0.5) is 9.18 Å². The largest absolute Gasteiger partial charge is 0.363 e. The van der Waals surface area contributed by atoms with Crippen LogP contribution in [0.2, 0.25) is 0 Å². The Morgan fingerprint density at radius 3 is 2.11 bits per heavy atom. The van der Waals surface area contributed by atoms with Crippen molar-refractivity contribution in [3.8, 4) is 0 Å². The van der Waals surface area contributed by atoms with Crippen molar-refractivity contribution < 1.29 is 28.4 Å². The van der Waals surface area contributed by atoms with E-state index in [2.05, 4.69) is 16.0 Å². The summed E-state index contributed by atoms with van der Waals surface area (Å²) >= 11 is 0. The lowest BCUT2D eigenvalue weighted by Gasteiger charge is -2.36. The molecule has 1 saturated carbocycles. The first-order chi connectivity index (χ1) is 16.2. The standard InChI is InChI=1S/C24H40FN5O5/c1-23(2,3)18(28-22(35)29-24(4,5)13-25)21(34)30-11-7-10-16(30)20(33)27-15(17(31)19(26)32)12-14-8-6-9-14/h14-16,18H,6-13H2,1-5H3,(H2,26,32)(H,27,33)(H2,28,29,35). The Morgan fingerprint density at radius 2 is 1.63 bits per heavy atom. The third-order valence-electron chi connectivity index (χ3n) is 6.68. The monoisotopic (exact) mass is 497 g/mol. The van der Waals surface area contributed by atoms with Crippen molar-refractivity contribution in [2.75, 3.05) is 13.2 Å². The van der Waals surface area contributed by atoms with E-state index in [0.717, 1.165) is 19.3 Å². The van der Waals surface area contributed by atoms with Gasteiger partial charge in [-0.1, -0.05) is 40.0 Å². The SMILES string of the molecule is CC(C)(CF)NC(=O)NC(C(=O)N1CCCC1C(=O)NC(CC1CCC1)C(=O)C(N)=O)C(C)(C)C. The van der Waals surface area contributed by atoms with Gasteiger partial charge in [0.05, 0.1) is 11.6 Å². The van der Waals surface area contributed by atoms with Gasteiger partial charge < -0.3 is 26.6 Å². The second-order valence-electron chi connectivity index (χ2n) is 11.4. The molecule has 1 saturated heterocycles. The number of urea groups is 1. The fourth-order valence-corrected chi connectivity index (χ4v) is 4.36. The fraction of sp³-hybridized carbons (Fsp3) is 0.792. The van der Waals surface area contributed by atoms with Gasteiger partial charge in [0.15, 0.2) is 0 Å². The van der Waals surface area contributed by atoms with E-state index in [1.165, 1.54) is 18.7 Å². The number of nitrogens with one attached hydrogen (secondary N) is 3. The summed E-state index contributed by atoms with van der Waals surface area (Å²) in [5.41, 5.74) is 3.39. The maximum absolute atomic E-state index is 13.5. The molecule has 0 aromatic heterocycles. The van der Waals surface area contributed by atoms with Crippen molar-refractivity contribution in [2.24, 2.45) is 17.1 Å². The molecule has 10 nitrogen and oxygen atoms in total. The van der Waals surface area contributed by atoms with Crippen LogP contribution in [-0.4, -0.2) is 71.3 Å². The minimum absolute atomic E-state index is 0.242. The number of hydrogen-bond acceptors (Lipinski definition) is 5. The quantitative estimate of drug-likeness (QED) is 0.334. The van der Waals surface area contributed by atoms with Crippen molar-refractivity contribution >= 4 is 29.5 Å². The maximum atomic E-state index is 13.5. The van der Waals surface area contributed by atoms with Gasteiger partial charge in [-0.3, -0.25) is 19.2 Å². The predicted molar refractivity (Wildman–Crippen MR) is 128 cm³/mol. The first-order valence-corrected chi connectivity index (χ1v) is 12.3. The van der Waals surface area contributed by atoms with Gasteiger partial charge in [0.25, 0.3) is 5.91 Å². The van der Waals surface area contributed by atoms with Gasteiger partial charge in [0, 0.05) is 6.54 Å². The van der Waals surface area contributed by atoms with Crippen LogP contribution in [0.3, 0.4) is 0 Å². The molecule has 3 atom stereocenters. The van der Waals surface area contributed by atoms with Gasteiger partial charge in [-0.2, -0.15) is 0 Å². The van der Waals surface area contributed by atoms with Gasteiger partial charge in [-0.25, -0.2) is 9.18 Å². The Morgan fingerprint density at radius 1 is 1.00 bits per heavy atom. The van der Waals surface area contributed by atoms with Crippen molar-refractivity contribution in [1.29, 1.82) is 0 Å². The summed E-state index contributed by atoms with van der Waals surface area (Å²) in [5.74, 6) is -2.67. The lowest BCUT2D eigenvalue weighted by Crippen LogP contribution is -2.61. The molecule has 2 aliphatic rings. The minimum Gasteiger partial charge on any atom is -0.363 e. The van der Waals surface area contributed by atoms with Crippen molar-refractivity contribution in [2.45, 2.75) is 96.8 Å². The molecule has 1 heterocycles. The molecule has 11 heteroatoms. The zero-order chi connectivity index (χ0) is 26.6. The molecule has 5 N–H and O–H groups in total. The topological polar surface area (TPSA) is 151 Å². The van der Waals surface area contributed by atoms with Crippen molar-refractivity contribution in [3.63, 3.8) is 0 Å². The maximum Gasteiger partial charge on any atom is 0.315 e. The Balaban J connectivity index is 2.15. The van der Waals surface area contributed by atoms with Crippen LogP contribution in [0.5, 0.6) is 0 Å². The molecule has 2 fully saturated rings. The highest BCUT2D eigenvalue weighted by molar-refractivity contribution is 6.37. The second kappa shape index (κ2) is 11.3. The summed E-state index contributed by atoms with van der Waals surface area (Å²) in [4.78, 5) is 64.4. The van der Waals surface area contributed by atoms with E-state index in [-0.39, 0.29) is 5.92 Å². The van der Waals surface area contributed by atoms with Crippen LogP contribution in [0.25, 0.3) is 0 Å². The minimum atomic E-state index is -1.10. The van der Waals surface area contributed by atoms with Gasteiger partial charge >= 0.3 is 6.03 Å². The Labute approximate surface area is 206 Å². The number of Topliss-reactive ketones (excluding diaryl/α,β-unsaturated/α-hetero) is 1.